The summed E-state index contributed by atoms with van der Waals surface area (Å²) in [4.78, 5) is 15.8. The van der Waals surface area contributed by atoms with Crippen LogP contribution in [0, 0.1) is 13.8 Å². The lowest BCUT2D eigenvalue weighted by molar-refractivity contribution is 0.201. The Labute approximate surface area is 162 Å². The molecule has 1 fully saturated rings. The molecular formula is C20H21N7O. The molecular weight excluding hydrogens is 354 g/mol. The van der Waals surface area contributed by atoms with E-state index in [9.17, 15) is 0 Å². The Hall–Kier alpha value is -3.13. The van der Waals surface area contributed by atoms with Crippen LogP contribution in [0.25, 0.3) is 17.0 Å². The van der Waals surface area contributed by atoms with E-state index in [0.717, 1.165) is 54.1 Å². The monoisotopic (exact) mass is 375 g/mol. The first kappa shape index (κ1) is 17.0. The molecule has 0 aliphatic carbocycles. The van der Waals surface area contributed by atoms with E-state index in [1.165, 1.54) is 0 Å². The smallest absolute Gasteiger partial charge is 0.244 e. The van der Waals surface area contributed by atoms with Crippen LogP contribution in [0.3, 0.4) is 0 Å². The van der Waals surface area contributed by atoms with E-state index in [1.54, 1.807) is 12.4 Å². The van der Waals surface area contributed by atoms with Gasteiger partial charge in [-0.05, 0) is 51.4 Å². The molecule has 8 nitrogen and oxygen atoms in total. The van der Waals surface area contributed by atoms with Crippen LogP contribution in [0.1, 0.15) is 41.7 Å². The van der Waals surface area contributed by atoms with Gasteiger partial charge in [0.2, 0.25) is 11.7 Å². The summed E-state index contributed by atoms with van der Waals surface area (Å²) in [5.41, 5.74) is 5.04. The van der Waals surface area contributed by atoms with Gasteiger partial charge in [0.1, 0.15) is 0 Å². The molecule has 1 saturated heterocycles. The van der Waals surface area contributed by atoms with Gasteiger partial charge in [0, 0.05) is 41.5 Å². The third-order valence-corrected chi connectivity index (χ3v) is 5.25. The molecule has 0 amide bonds. The molecule has 0 spiro atoms. The summed E-state index contributed by atoms with van der Waals surface area (Å²) in [7, 11) is 0. The number of hydrogen-bond donors (Lipinski definition) is 0. The highest BCUT2D eigenvalue weighted by Crippen LogP contribution is 2.33. The van der Waals surface area contributed by atoms with Crippen molar-refractivity contribution in [3.05, 3.63) is 59.6 Å². The molecule has 0 N–H and O–H groups in total. The Kier molecular flexibility index (Phi) is 4.12. The molecule has 1 atom stereocenters. The zero-order chi connectivity index (χ0) is 19.1. The number of fused-ring (bicyclic) bond motifs is 1. The zero-order valence-corrected chi connectivity index (χ0v) is 15.9. The summed E-state index contributed by atoms with van der Waals surface area (Å²) in [6.45, 7) is 5.81. The highest BCUT2D eigenvalue weighted by Gasteiger charge is 2.31. The van der Waals surface area contributed by atoms with Crippen LogP contribution in [0.2, 0.25) is 0 Å². The lowest BCUT2D eigenvalue weighted by Gasteiger charge is -2.20. The van der Waals surface area contributed by atoms with Gasteiger partial charge < -0.3 is 4.52 Å². The molecule has 1 aliphatic heterocycles. The molecule has 1 aliphatic rings. The molecule has 4 aromatic rings. The van der Waals surface area contributed by atoms with Crippen molar-refractivity contribution >= 4 is 5.65 Å². The molecule has 28 heavy (non-hydrogen) atoms. The van der Waals surface area contributed by atoms with Gasteiger partial charge in [-0.3, -0.25) is 9.88 Å². The van der Waals surface area contributed by atoms with Crippen molar-refractivity contribution < 1.29 is 4.52 Å². The Morgan fingerprint density at radius 3 is 2.89 bits per heavy atom. The second-order valence-electron chi connectivity index (χ2n) is 7.26. The van der Waals surface area contributed by atoms with Crippen molar-refractivity contribution in [2.45, 2.75) is 39.3 Å². The molecule has 142 valence electrons. The van der Waals surface area contributed by atoms with Gasteiger partial charge in [-0.15, -0.1) is 0 Å². The Morgan fingerprint density at radius 2 is 2.04 bits per heavy atom. The SMILES string of the molecule is Cc1cc(C)n2ncc(CN3CCCC3c3nc(-c4ccncc4)no3)c2n1. The second kappa shape index (κ2) is 6.79. The van der Waals surface area contributed by atoms with Gasteiger partial charge in [0.05, 0.1) is 12.2 Å². The standard InChI is InChI=1S/C20H21N7O/c1-13-10-14(2)27-19(23-13)16(11-22-27)12-26-9-3-4-17(26)20-24-18(25-28-20)15-5-7-21-8-6-15/h5-8,10-11,17H,3-4,9,12H2,1-2H3. The van der Waals surface area contributed by atoms with Crippen molar-refractivity contribution in [3.63, 3.8) is 0 Å². The molecule has 1 unspecified atom stereocenters. The van der Waals surface area contributed by atoms with Gasteiger partial charge in [-0.1, -0.05) is 5.16 Å². The van der Waals surface area contributed by atoms with E-state index in [2.05, 4.69) is 32.0 Å². The van der Waals surface area contributed by atoms with Crippen LogP contribution in [-0.4, -0.2) is 41.2 Å². The minimum Gasteiger partial charge on any atom is -0.337 e. The fourth-order valence-corrected chi connectivity index (χ4v) is 3.93. The van der Waals surface area contributed by atoms with E-state index in [-0.39, 0.29) is 6.04 Å². The number of likely N-dealkylation sites (tertiary alicyclic amines) is 1. The maximum Gasteiger partial charge on any atom is 0.244 e. The first-order valence-corrected chi connectivity index (χ1v) is 9.48. The maximum atomic E-state index is 5.62. The Morgan fingerprint density at radius 1 is 1.18 bits per heavy atom. The van der Waals surface area contributed by atoms with Crippen LogP contribution in [0.15, 0.2) is 41.3 Å². The average molecular weight is 375 g/mol. The fraction of sp³-hybridized carbons (Fsp3) is 0.350. The van der Waals surface area contributed by atoms with Crippen molar-refractivity contribution in [1.82, 2.24) is 34.6 Å². The number of rotatable bonds is 4. The first-order chi connectivity index (χ1) is 13.7. The van der Waals surface area contributed by atoms with Crippen molar-refractivity contribution in [2.75, 3.05) is 6.54 Å². The number of aromatic nitrogens is 6. The van der Waals surface area contributed by atoms with Gasteiger partial charge >= 0.3 is 0 Å². The second-order valence-corrected chi connectivity index (χ2v) is 7.26. The third kappa shape index (κ3) is 2.95. The minimum absolute atomic E-state index is 0.115. The summed E-state index contributed by atoms with van der Waals surface area (Å²) in [6.07, 6.45) is 7.48. The summed E-state index contributed by atoms with van der Waals surface area (Å²) in [5, 5.41) is 8.68. The number of aryl methyl sites for hydroxylation is 2. The van der Waals surface area contributed by atoms with Crippen LogP contribution >= 0.6 is 0 Å². The average Bonchev–Trinajstić information content (AvgIpc) is 3.43. The van der Waals surface area contributed by atoms with Crippen LogP contribution in [0.5, 0.6) is 0 Å². The predicted molar refractivity (Wildman–Crippen MR) is 102 cm³/mol. The number of nitrogens with zero attached hydrogens (tertiary/aromatic N) is 7. The summed E-state index contributed by atoms with van der Waals surface area (Å²) >= 11 is 0. The highest BCUT2D eigenvalue weighted by atomic mass is 16.5. The highest BCUT2D eigenvalue weighted by molar-refractivity contribution is 5.52. The van der Waals surface area contributed by atoms with Crippen LogP contribution < -0.4 is 0 Å². The van der Waals surface area contributed by atoms with Gasteiger partial charge in [0.15, 0.2) is 5.65 Å². The lowest BCUT2D eigenvalue weighted by atomic mass is 10.2. The summed E-state index contributed by atoms with van der Waals surface area (Å²) in [6, 6.07) is 5.93. The third-order valence-electron chi connectivity index (χ3n) is 5.25. The predicted octanol–water partition coefficient (Wildman–Crippen LogP) is 3.13. The largest absolute Gasteiger partial charge is 0.337 e. The Bertz CT molecular complexity index is 1120. The number of hydrogen-bond acceptors (Lipinski definition) is 7. The van der Waals surface area contributed by atoms with Crippen molar-refractivity contribution in [1.29, 1.82) is 0 Å². The molecule has 5 heterocycles. The zero-order valence-electron chi connectivity index (χ0n) is 15.9. The quantitative estimate of drug-likeness (QED) is 0.542. The lowest BCUT2D eigenvalue weighted by Crippen LogP contribution is -2.23. The van der Waals surface area contributed by atoms with Gasteiger partial charge in [-0.25, -0.2) is 9.50 Å². The van der Waals surface area contributed by atoms with Gasteiger partial charge in [0.25, 0.3) is 0 Å². The van der Waals surface area contributed by atoms with E-state index in [1.807, 2.05) is 35.8 Å². The van der Waals surface area contributed by atoms with E-state index in [0.29, 0.717) is 11.7 Å². The fourth-order valence-electron chi connectivity index (χ4n) is 3.93. The van der Waals surface area contributed by atoms with E-state index in [4.69, 9.17) is 9.51 Å². The number of pyridine rings is 1. The van der Waals surface area contributed by atoms with Crippen molar-refractivity contribution in [2.24, 2.45) is 0 Å². The first-order valence-electron chi connectivity index (χ1n) is 9.48. The minimum atomic E-state index is 0.115. The normalized spacial score (nSPS) is 17.6. The maximum absolute atomic E-state index is 5.62. The molecule has 8 heteroatoms. The van der Waals surface area contributed by atoms with Crippen molar-refractivity contribution in [3.8, 4) is 11.4 Å². The van der Waals surface area contributed by atoms with E-state index >= 15 is 0 Å². The van der Waals surface area contributed by atoms with Gasteiger partial charge in [-0.2, -0.15) is 10.1 Å². The molecule has 0 bridgehead atoms. The molecule has 0 radical (unpaired) electrons. The molecule has 5 rings (SSSR count). The van der Waals surface area contributed by atoms with Crippen LogP contribution in [0.4, 0.5) is 0 Å². The summed E-state index contributed by atoms with van der Waals surface area (Å²) < 4.78 is 7.52. The van der Waals surface area contributed by atoms with Crippen LogP contribution in [-0.2, 0) is 6.54 Å². The molecule has 4 aromatic heterocycles. The van der Waals surface area contributed by atoms with E-state index < -0.39 is 0 Å². The summed E-state index contributed by atoms with van der Waals surface area (Å²) in [5.74, 6) is 1.27. The topological polar surface area (TPSA) is 85.2 Å². The molecule has 0 saturated carbocycles. The Balaban J connectivity index is 1.42. The molecule has 0 aromatic carbocycles.